The number of benzene rings is 1. The van der Waals surface area contributed by atoms with Gasteiger partial charge in [0.2, 0.25) is 0 Å². The van der Waals surface area contributed by atoms with Gasteiger partial charge >= 0.3 is 0 Å². The summed E-state index contributed by atoms with van der Waals surface area (Å²) in [7, 11) is 0. The first-order chi connectivity index (χ1) is 16.5. The molecule has 2 aromatic heterocycles. The fourth-order valence-electron chi connectivity index (χ4n) is 3.37. The lowest BCUT2D eigenvalue weighted by atomic mass is 10.1. The number of carbonyl (C=O) groups excluding carboxylic acids is 1. The first kappa shape index (κ1) is 26.1. The van der Waals surface area contributed by atoms with Crippen LogP contribution < -0.4 is 10.6 Å². The van der Waals surface area contributed by atoms with Gasteiger partial charge in [0.05, 0.1) is 21.9 Å². The Labute approximate surface area is 204 Å². The number of rotatable bonds is 10. The monoisotopic (exact) mass is 505 g/mol. The first-order valence-corrected chi connectivity index (χ1v) is 11.7. The van der Waals surface area contributed by atoms with Crippen LogP contribution in [-0.4, -0.2) is 34.1 Å². The van der Waals surface area contributed by atoms with Crippen LogP contribution in [-0.2, 0) is 11.7 Å². The van der Waals surface area contributed by atoms with Crippen LogP contribution in [0.5, 0.6) is 0 Å². The summed E-state index contributed by atoms with van der Waals surface area (Å²) >= 11 is 1.36. The summed E-state index contributed by atoms with van der Waals surface area (Å²) < 4.78 is 32.3. The van der Waals surface area contributed by atoms with Crippen LogP contribution in [0.25, 0.3) is 0 Å². The van der Waals surface area contributed by atoms with Gasteiger partial charge in [-0.1, -0.05) is 23.0 Å². The van der Waals surface area contributed by atoms with Crippen molar-refractivity contribution in [3.8, 4) is 0 Å². The van der Waals surface area contributed by atoms with Crippen molar-refractivity contribution in [2.45, 2.75) is 44.4 Å². The molecule has 0 aliphatic heterocycles. The molecule has 0 fully saturated rings. The van der Waals surface area contributed by atoms with Crippen molar-refractivity contribution in [3.05, 3.63) is 74.3 Å². The maximum atomic E-state index is 13.5. The summed E-state index contributed by atoms with van der Waals surface area (Å²) in [5, 5.41) is 21.3. The normalized spacial score (nSPS) is 11.4. The van der Waals surface area contributed by atoms with E-state index in [0.29, 0.717) is 29.0 Å². The number of hydrogen-bond donors (Lipinski definition) is 2. The van der Waals surface area contributed by atoms with E-state index in [2.05, 4.69) is 20.8 Å². The number of halogens is 2. The molecular formula is C23H25F2N5O4S. The highest BCUT2D eigenvalue weighted by Gasteiger charge is 2.28. The smallest absolute Gasteiger partial charge is 0.292 e. The van der Waals surface area contributed by atoms with Gasteiger partial charge in [0, 0.05) is 43.4 Å². The minimum atomic E-state index is -3.20. The summed E-state index contributed by atoms with van der Waals surface area (Å²) in [5.41, 5.74) is 1.89. The number of nitrogens with zero attached hydrogens (tertiary/aromatic N) is 3. The number of thioether (sulfide) groups is 1. The molecule has 2 heterocycles. The summed E-state index contributed by atoms with van der Waals surface area (Å²) in [6.07, 6.45) is 0. The number of nitro benzene ring substituents is 1. The fourth-order valence-corrected chi connectivity index (χ4v) is 4.40. The predicted molar refractivity (Wildman–Crippen MR) is 128 cm³/mol. The number of amides is 1. The maximum absolute atomic E-state index is 13.5. The maximum Gasteiger partial charge on any atom is 0.292 e. The SMILES string of the molecule is Cc1cc(CSc2nc(C)cc(C)c2C(=O)NCCNc2ccc(C(C)(F)F)cc2[N+](=O)[O-])on1. The van der Waals surface area contributed by atoms with Crippen LogP contribution in [0.3, 0.4) is 0 Å². The standard InChI is InChI=1S/C23H25F2N5O4S/c1-13-9-14(2)28-22(35-12-17-10-15(3)29-34-17)20(13)21(31)27-8-7-26-18-6-5-16(23(4,24)25)11-19(18)30(32)33/h5-6,9-11,26H,7-8,12H2,1-4H3,(H,27,31). The fraction of sp³-hybridized carbons (Fsp3) is 0.348. The van der Waals surface area contributed by atoms with Crippen molar-refractivity contribution in [1.29, 1.82) is 0 Å². The number of anilines is 1. The van der Waals surface area contributed by atoms with Gasteiger partial charge in [-0.2, -0.15) is 0 Å². The lowest BCUT2D eigenvalue weighted by Gasteiger charge is -2.14. The molecule has 0 bridgehead atoms. The molecular weight excluding hydrogens is 480 g/mol. The number of hydrogen-bond acceptors (Lipinski definition) is 8. The molecule has 0 atom stereocenters. The van der Waals surface area contributed by atoms with Crippen LogP contribution in [0.15, 0.2) is 39.9 Å². The lowest BCUT2D eigenvalue weighted by Crippen LogP contribution is -2.30. The molecule has 0 aliphatic carbocycles. The third-order valence-corrected chi connectivity index (χ3v) is 5.99. The Bertz CT molecular complexity index is 1240. The molecule has 3 rings (SSSR count). The summed E-state index contributed by atoms with van der Waals surface area (Å²) in [6.45, 7) is 6.44. The van der Waals surface area contributed by atoms with E-state index in [1.165, 1.54) is 17.8 Å². The molecule has 0 aliphatic rings. The molecule has 0 radical (unpaired) electrons. The van der Waals surface area contributed by atoms with Crippen LogP contribution in [0, 0.1) is 30.9 Å². The Kier molecular flexibility index (Phi) is 8.05. The van der Waals surface area contributed by atoms with Crippen molar-refractivity contribution in [3.63, 3.8) is 0 Å². The minimum Gasteiger partial charge on any atom is -0.378 e. The average molecular weight is 506 g/mol. The van der Waals surface area contributed by atoms with Crippen LogP contribution in [0.1, 0.15) is 45.6 Å². The number of aromatic nitrogens is 2. The Morgan fingerprint density at radius 2 is 1.91 bits per heavy atom. The number of nitrogens with one attached hydrogen (secondary N) is 2. The van der Waals surface area contributed by atoms with E-state index >= 15 is 0 Å². The molecule has 0 saturated carbocycles. The zero-order valence-electron chi connectivity index (χ0n) is 19.6. The highest BCUT2D eigenvalue weighted by Crippen LogP contribution is 2.33. The van der Waals surface area contributed by atoms with Gasteiger partial charge < -0.3 is 15.2 Å². The number of alkyl halides is 2. The zero-order valence-corrected chi connectivity index (χ0v) is 20.5. The Morgan fingerprint density at radius 1 is 1.17 bits per heavy atom. The summed E-state index contributed by atoms with van der Waals surface area (Å²) in [5.74, 6) is -2.42. The van der Waals surface area contributed by atoms with Gasteiger partial charge in [0.1, 0.15) is 16.5 Å². The van der Waals surface area contributed by atoms with Gasteiger partial charge in [-0.3, -0.25) is 14.9 Å². The van der Waals surface area contributed by atoms with Crippen molar-refractivity contribution < 1.29 is 23.0 Å². The first-order valence-electron chi connectivity index (χ1n) is 10.7. The van der Waals surface area contributed by atoms with Gasteiger partial charge in [-0.05, 0) is 38.5 Å². The van der Waals surface area contributed by atoms with E-state index in [-0.39, 0.29) is 24.7 Å². The average Bonchev–Trinajstić information content (AvgIpc) is 3.19. The molecule has 3 aromatic rings. The van der Waals surface area contributed by atoms with Crippen LogP contribution in [0.4, 0.5) is 20.2 Å². The number of nitro groups is 1. The van der Waals surface area contributed by atoms with E-state index in [1.54, 1.807) is 0 Å². The van der Waals surface area contributed by atoms with E-state index in [4.69, 9.17) is 4.52 Å². The molecule has 9 nitrogen and oxygen atoms in total. The molecule has 1 amide bonds. The van der Waals surface area contributed by atoms with Crippen molar-refractivity contribution >= 4 is 29.0 Å². The summed E-state index contributed by atoms with van der Waals surface area (Å²) in [4.78, 5) is 28.0. The quantitative estimate of drug-likeness (QED) is 0.168. The Hall–Kier alpha value is -3.54. The van der Waals surface area contributed by atoms with E-state index in [1.807, 2.05) is 32.9 Å². The lowest BCUT2D eigenvalue weighted by molar-refractivity contribution is -0.384. The second-order valence-corrected chi connectivity index (χ2v) is 9.01. The predicted octanol–water partition coefficient (Wildman–Crippen LogP) is 5.15. The van der Waals surface area contributed by atoms with Crippen molar-refractivity contribution in [2.24, 2.45) is 0 Å². The largest absolute Gasteiger partial charge is 0.378 e. The number of pyridine rings is 1. The number of carbonyl (C=O) groups is 1. The molecule has 186 valence electrons. The third-order valence-electron chi connectivity index (χ3n) is 4.99. The molecule has 0 saturated heterocycles. The van der Waals surface area contributed by atoms with Gasteiger partial charge in [0.25, 0.3) is 17.5 Å². The van der Waals surface area contributed by atoms with Gasteiger partial charge in [-0.15, -0.1) is 0 Å². The van der Waals surface area contributed by atoms with Gasteiger partial charge in [0.15, 0.2) is 0 Å². The highest BCUT2D eigenvalue weighted by molar-refractivity contribution is 7.98. The number of aryl methyl sites for hydroxylation is 3. The molecule has 0 spiro atoms. The Morgan fingerprint density at radius 3 is 2.54 bits per heavy atom. The van der Waals surface area contributed by atoms with E-state index in [9.17, 15) is 23.7 Å². The summed E-state index contributed by atoms with van der Waals surface area (Å²) in [6, 6.07) is 6.84. The molecule has 2 N–H and O–H groups in total. The molecule has 35 heavy (non-hydrogen) atoms. The van der Waals surface area contributed by atoms with E-state index < -0.39 is 22.1 Å². The second-order valence-electron chi connectivity index (χ2n) is 8.04. The topological polar surface area (TPSA) is 123 Å². The zero-order chi connectivity index (χ0) is 25.8. The van der Waals surface area contributed by atoms with Crippen LogP contribution in [0.2, 0.25) is 0 Å². The van der Waals surface area contributed by atoms with E-state index in [0.717, 1.165) is 29.1 Å². The molecule has 0 unspecified atom stereocenters. The Balaban J connectivity index is 1.65. The van der Waals surface area contributed by atoms with Gasteiger partial charge in [-0.25, -0.2) is 13.8 Å². The molecule has 12 heteroatoms. The minimum absolute atomic E-state index is 0.0871. The van der Waals surface area contributed by atoms with Crippen molar-refractivity contribution in [1.82, 2.24) is 15.5 Å². The third kappa shape index (κ3) is 6.75. The van der Waals surface area contributed by atoms with Crippen LogP contribution >= 0.6 is 11.8 Å². The molecule has 1 aromatic carbocycles. The second kappa shape index (κ2) is 10.8. The highest BCUT2D eigenvalue weighted by atomic mass is 32.2. The van der Waals surface area contributed by atoms with Crippen molar-refractivity contribution in [2.75, 3.05) is 18.4 Å².